The number of halogens is 3. The summed E-state index contributed by atoms with van der Waals surface area (Å²) in [7, 11) is 1.18. The smallest absolute Gasteiger partial charge is 0.311 e. The van der Waals surface area contributed by atoms with Crippen LogP contribution in [0.25, 0.3) is 0 Å². The Labute approximate surface area is 95.4 Å². The van der Waals surface area contributed by atoms with Gasteiger partial charge < -0.3 is 10.5 Å². The Morgan fingerprint density at radius 3 is 2.81 bits per heavy atom. The Bertz CT molecular complexity index is 413. The first-order chi connectivity index (χ1) is 7.47. The molecule has 0 aliphatic heterocycles. The zero-order valence-corrected chi connectivity index (χ0v) is 9.09. The Kier molecular flexibility index (Phi) is 4.00. The molecule has 0 saturated carbocycles. The highest BCUT2D eigenvalue weighted by molar-refractivity contribution is 6.32. The van der Waals surface area contributed by atoms with Crippen molar-refractivity contribution in [3.8, 4) is 0 Å². The molecule has 0 bridgehead atoms. The maximum atomic E-state index is 12.6. The van der Waals surface area contributed by atoms with Crippen LogP contribution in [0.1, 0.15) is 17.7 Å². The van der Waals surface area contributed by atoms with Gasteiger partial charge in [0.25, 0.3) is 6.43 Å². The molecule has 0 aliphatic carbocycles. The summed E-state index contributed by atoms with van der Waals surface area (Å²) < 4.78 is 29.5. The van der Waals surface area contributed by atoms with E-state index in [-0.39, 0.29) is 22.8 Å². The van der Waals surface area contributed by atoms with Gasteiger partial charge in [0.05, 0.1) is 41.7 Å². The van der Waals surface area contributed by atoms with Crippen molar-refractivity contribution in [1.82, 2.24) is 4.98 Å². The van der Waals surface area contributed by atoms with Crippen LogP contribution in [0.2, 0.25) is 5.02 Å². The number of carbonyl (C=O) groups excluding carboxylic acids is 1. The number of rotatable bonds is 3. The minimum atomic E-state index is -2.81. The summed E-state index contributed by atoms with van der Waals surface area (Å²) in [5.74, 6) is -0.612. The summed E-state index contributed by atoms with van der Waals surface area (Å²) in [6.45, 7) is 0. The molecule has 7 heteroatoms. The minimum absolute atomic E-state index is 0.0259. The molecule has 0 fully saturated rings. The van der Waals surface area contributed by atoms with Gasteiger partial charge in [-0.1, -0.05) is 11.6 Å². The molecular formula is C9H9ClF2N2O2. The zero-order valence-electron chi connectivity index (χ0n) is 8.34. The Balaban J connectivity index is 3.13. The van der Waals surface area contributed by atoms with Gasteiger partial charge >= 0.3 is 5.97 Å². The van der Waals surface area contributed by atoms with E-state index in [0.29, 0.717) is 0 Å². The van der Waals surface area contributed by atoms with Crippen LogP contribution in [0, 0.1) is 0 Å². The fourth-order valence-electron chi connectivity index (χ4n) is 1.11. The molecule has 0 radical (unpaired) electrons. The number of carbonyl (C=O) groups is 1. The lowest BCUT2D eigenvalue weighted by Crippen LogP contribution is -2.09. The number of nitrogen functional groups attached to an aromatic ring is 1. The zero-order chi connectivity index (χ0) is 12.3. The summed E-state index contributed by atoms with van der Waals surface area (Å²) in [5, 5.41) is -0.291. The van der Waals surface area contributed by atoms with E-state index in [9.17, 15) is 13.6 Å². The van der Waals surface area contributed by atoms with Crippen molar-refractivity contribution in [2.24, 2.45) is 0 Å². The van der Waals surface area contributed by atoms with E-state index in [1.54, 1.807) is 0 Å². The molecule has 1 heterocycles. The first-order valence-electron chi connectivity index (χ1n) is 4.25. The molecule has 1 aromatic rings. The average molecular weight is 251 g/mol. The SMILES string of the molecule is COC(=O)Cc1ncc(N)c(C(F)F)c1Cl. The molecule has 16 heavy (non-hydrogen) atoms. The van der Waals surface area contributed by atoms with E-state index in [1.165, 1.54) is 7.11 Å². The molecule has 1 aromatic heterocycles. The van der Waals surface area contributed by atoms with Crippen molar-refractivity contribution in [3.63, 3.8) is 0 Å². The summed E-state index contributed by atoms with van der Waals surface area (Å²) in [6, 6.07) is 0. The number of nitrogens with two attached hydrogens (primary N) is 1. The van der Waals surface area contributed by atoms with Crippen LogP contribution < -0.4 is 5.73 Å². The lowest BCUT2D eigenvalue weighted by molar-refractivity contribution is -0.139. The topological polar surface area (TPSA) is 65.2 Å². The number of ether oxygens (including phenoxy) is 1. The average Bonchev–Trinajstić information content (AvgIpc) is 2.21. The van der Waals surface area contributed by atoms with Crippen molar-refractivity contribution >= 4 is 23.3 Å². The second kappa shape index (κ2) is 5.07. The molecule has 1 rings (SSSR count). The second-order valence-corrected chi connectivity index (χ2v) is 3.32. The maximum Gasteiger partial charge on any atom is 0.311 e. The van der Waals surface area contributed by atoms with Crippen LogP contribution in [-0.2, 0) is 16.0 Å². The highest BCUT2D eigenvalue weighted by Gasteiger charge is 2.20. The number of esters is 1. The highest BCUT2D eigenvalue weighted by atomic mass is 35.5. The van der Waals surface area contributed by atoms with Crippen LogP contribution in [0.3, 0.4) is 0 Å². The number of nitrogens with zero attached hydrogens (tertiary/aromatic N) is 1. The van der Waals surface area contributed by atoms with Gasteiger partial charge in [0.2, 0.25) is 0 Å². The van der Waals surface area contributed by atoms with Gasteiger partial charge in [0, 0.05) is 0 Å². The van der Waals surface area contributed by atoms with Gasteiger partial charge in [-0.2, -0.15) is 0 Å². The molecule has 0 aliphatic rings. The fraction of sp³-hybridized carbons (Fsp3) is 0.333. The molecule has 0 amide bonds. The molecule has 2 N–H and O–H groups in total. The molecule has 0 spiro atoms. The number of hydrogen-bond donors (Lipinski definition) is 1. The summed E-state index contributed by atoms with van der Waals surface area (Å²) in [5.41, 5.74) is 4.63. The van der Waals surface area contributed by atoms with Crippen molar-refractivity contribution in [2.45, 2.75) is 12.8 Å². The summed E-state index contributed by atoms with van der Waals surface area (Å²) in [4.78, 5) is 14.7. The molecule has 4 nitrogen and oxygen atoms in total. The van der Waals surface area contributed by atoms with Crippen LogP contribution in [0.15, 0.2) is 6.20 Å². The van der Waals surface area contributed by atoms with E-state index in [4.69, 9.17) is 17.3 Å². The lowest BCUT2D eigenvalue weighted by Gasteiger charge is -2.10. The Morgan fingerprint density at radius 1 is 1.69 bits per heavy atom. The van der Waals surface area contributed by atoms with Crippen LogP contribution in [0.5, 0.6) is 0 Å². The number of anilines is 1. The van der Waals surface area contributed by atoms with E-state index in [0.717, 1.165) is 6.20 Å². The van der Waals surface area contributed by atoms with E-state index >= 15 is 0 Å². The van der Waals surface area contributed by atoms with Gasteiger partial charge in [0.15, 0.2) is 0 Å². The van der Waals surface area contributed by atoms with Crippen LogP contribution in [0.4, 0.5) is 14.5 Å². The fourth-order valence-corrected chi connectivity index (χ4v) is 1.42. The van der Waals surface area contributed by atoms with E-state index in [2.05, 4.69) is 9.72 Å². The normalized spacial score (nSPS) is 10.6. The van der Waals surface area contributed by atoms with Gasteiger partial charge in [-0.25, -0.2) is 8.78 Å². The quantitative estimate of drug-likeness (QED) is 0.833. The van der Waals surface area contributed by atoms with Crippen LogP contribution >= 0.6 is 11.6 Å². The summed E-state index contributed by atoms with van der Waals surface area (Å²) >= 11 is 5.68. The molecule has 88 valence electrons. The first-order valence-corrected chi connectivity index (χ1v) is 4.62. The third kappa shape index (κ3) is 2.57. The van der Waals surface area contributed by atoms with Gasteiger partial charge in [0.1, 0.15) is 0 Å². The van der Waals surface area contributed by atoms with Gasteiger partial charge in [-0.3, -0.25) is 9.78 Å². The Hall–Kier alpha value is -1.43. The first kappa shape index (κ1) is 12.6. The monoisotopic (exact) mass is 250 g/mol. The molecular weight excluding hydrogens is 242 g/mol. The standard InChI is InChI=1S/C9H9ClF2N2O2/c1-16-6(15)2-5-8(10)7(9(11)12)4(13)3-14-5/h3,9H,2,13H2,1H3. The van der Waals surface area contributed by atoms with Crippen molar-refractivity contribution in [1.29, 1.82) is 0 Å². The van der Waals surface area contributed by atoms with Gasteiger partial charge in [-0.15, -0.1) is 0 Å². The molecule has 0 atom stereocenters. The summed E-state index contributed by atoms with van der Waals surface area (Å²) in [6.07, 6.45) is -2.03. The predicted molar refractivity (Wildman–Crippen MR) is 54.3 cm³/mol. The number of alkyl halides is 2. The Morgan fingerprint density at radius 2 is 2.31 bits per heavy atom. The number of methoxy groups -OCH3 is 1. The second-order valence-electron chi connectivity index (χ2n) is 2.94. The maximum absolute atomic E-state index is 12.6. The van der Waals surface area contributed by atoms with Crippen LogP contribution in [-0.4, -0.2) is 18.1 Å². The number of hydrogen-bond acceptors (Lipinski definition) is 4. The van der Waals surface area contributed by atoms with Crippen molar-refractivity contribution < 1.29 is 18.3 Å². The predicted octanol–water partition coefficient (Wildman–Crippen LogP) is 1.97. The third-order valence-electron chi connectivity index (χ3n) is 1.92. The molecule has 0 aromatic carbocycles. The van der Waals surface area contributed by atoms with Crippen molar-refractivity contribution in [2.75, 3.05) is 12.8 Å². The highest BCUT2D eigenvalue weighted by Crippen LogP contribution is 2.33. The van der Waals surface area contributed by atoms with Gasteiger partial charge in [-0.05, 0) is 0 Å². The third-order valence-corrected chi connectivity index (χ3v) is 2.34. The van der Waals surface area contributed by atoms with Crippen molar-refractivity contribution in [3.05, 3.63) is 22.5 Å². The number of pyridine rings is 1. The van der Waals surface area contributed by atoms with E-state index in [1.807, 2.05) is 0 Å². The number of aromatic nitrogens is 1. The van der Waals surface area contributed by atoms with E-state index < -0.39 is 18.0 Å². The molecule has 0 saturated heterocycles. The minimum Gasteiger partial charge on any atom is -0.469 e. The lowest BCUT2D eigenvalue weighted by atomic mass is 10.1. The molecule has 0 unspecified atom stereocenters. The largest absolute Gasteiger partial charge is 0.469 e.